The Morgan fingerprint density at radius 1 is 1.23 bits per heavy atom. The molecule has 2 aromatic heterocycles. The fraction of sp³-hybridized carbons (Fsp3) is 0.429. The van der Waals surface area contributed by atoms with Crippen LogP contribution in [0.4, 0.5) is 11.7 Å². The Bertz CT molecular complexity index is 663. The summed E-state index contributed by atoms with van der Waals surface area (Å²) in [5, 5.41) is 6.36. The molecule has 3 rings (SSSR count). The summed E-state index contributed by atoms with van der Waals surface area (Å²) < 4.78 is 4.97. The second-order valence-electron chi connectivity index (χ2n) is 5.34. The Morgan fingerprint density at radius 3 is 2.68 bits per heavy atom. The van der Waals surface area contributed by atoms with Crippen molar-refractivity contribution >= 4 is 17.6 Å². The fourth-order valence-electron chi connectivity index (χ4n) is 2.28. The van der Waals surface area contributed by atoms with Crippen LogP contribution in [0.1, 0.15) is 16.2 Å². The Balaban J connectivity index is 1.71. The molecule has 1 aliphatic heterocycles. The molecule has 1 aliphatic rings. The normalized spacial score (nSPS) is 15.8. The van der Waals surface area contributed by atoms with E-state index < -0.39 is 0 Å². The zero-order chi connectivity index (χ0) is 15.5. The number of carbonyl (C=O) groups is 1. The molecule has 0 saturated carbocycles. The second kappa shape index (κ2) is 6.10. The highest BCUT2D eigenvalue weighted by Gasteiger charge is 2.18. The van der Waals surface area contributed by atoms with E-state index >= 15 is 0 Å². The average molecular weight is 302 g/mol. The molecule has 1 saturated heterocycles. The Labute approximate surface area is 128 Å². The van der Waals surface area contributed by atoms with Gasteiger partial charge in [-0.2, -0.15) is 0 Å². The van der Waals surface area contributed by atoms with Gasteiger partial charge in [0.15, 0.2) is 0 Å². The van der Waals surface area contributed by atoms with Gasteiger partial charge in [-0.05, 0) is 14.0 Å². The molecule has 3 heterocycles. The van der Waals surface area contributed by atoms with Crippen molar-refractivity contribution in [2.75, 3.05) is 43.4 Å². The third-order valence-corrected chi connectivity index (χ3v) is 3.58. The van der Waals surface area contributed by atoms with E-state index in [4.69, 9.17) is 4.52 Å². The van der Waals surface area contributed by atoms with Gasteiger partial charge in [0.1, 0.15) is 17.8 Å². The van der Waals surface area contributed by atoms with E-state index in [1.807, 2.05) is 0 Å². The maximum Gasteiger partial charge on any atom is 0.276 e. The highest BCUT2D eigenvalue weighted by molar-refractivity contribution is 6.02. The van der Waals surface area contributed by atoms with Gasteiger partial charge < -0.3 is 14.3 Å². The number of aromatic nitrogens is 3. The van der Waals surface area contributed by atoms with Crippen LogP contribution >= 0.6 is 0 Å². The Hall–Kier alpha value is -2.48. The summed E-state index contributed by atoms with van der Waals surface area (Å²) in [7, 11) is 2.09. The van der Waals surface area contributed by atoms with Gasteiger partial charge in [-0.1, -0.05) is 5.16 Å². The highest BCUT2D eigenvalue weighted by atomic mass is 16.5. The third-order valence-electron chi connectivity index (χ3n) is 3.58. The van der Waals surface area contributed by atoms with Crippen molar-refractivity contribution in [1.29, 1.82) is 0 Å². The molecule has 8 nitrogen and oxygen atoms in total. The molecule has 22 heavy (non-hydrogen) atoms. The Morgan fingerprint density at radius 2 is 2.00 bits per heavy atom. The van der Waals surface area contributed by atoms with E-state index in [-0.39, 0.29) is 5.91 Å². The molecule has 0 spiro atoms. The summed E-state index contributed by atoms with van der Waals surface area (Å²) in [5.74, 6) is 0.734. The first kappa shape index (κ1) is 14.5. The van der Waals surface area contributed by atoms with E-state index in [1.54, 1.807) is 19.1 Å². The maximum absolute atomic E-state index is 12.2. The number of likely N-dealkylation sites (N-methyl/N-ethyl adjacent to an activating group) is 1. The van der Waals surface area contributed by atoms with Crippen molar-refractivity contribution in [2.24, 2.45) is 0 Å². The molecule has 0 atom stereocenters. The lowest BCUT2D eigenvalue weighted by Gasteiger charge is -2.33. The second-order valence-corrected chi connectivity index (χ2v) is 5.34. The van der Waals surface area contributed by atoms with E-state index in [0.29, 0.717) is 17.3 Å². The van der Waals surface area contributed by atoms with Crippen molar-refractivity contribution in [3.05, 3.63) is 29.8 Å². The van der Waals surface area contributed by atoms with E-state index in [0.717, 1.165) is 32.0 Å². The van der Waals surface area contributed by atoms with Gasteiger partial charge in [-0.25, -0.2) is 9.97 Å². The van der Waals surface area contributed by atoms with Crippen LogP contribution in [0.5, 0.6) is 0 Å². The number of rotatable bonds is 3. The number of hydrogen-bond acceptors (Lipinski definition) is 7. The van der Waals surface area contributed by atoms with Gasteiger partial charge in [0.05, 0.1) is 5.69 Å². The number of nitrogens with zero attached hydrogens (tertiary/aromatic N) is 5. The number of hydrogen-bond donors (Lipinski definition) is 1. The number of aryl methyl sites for hydroxylation is 1. The van der Waals surface area contributed by atoms with Gasteiger partial charge in [-0.3, -0.25) is 10.1 Å². The SMILES string of the molecule is Cc1cc(NC(=O)c2cc(N3CCN(C)CC3)ncn2)on1. The van der Waals surface area contributed by atoms with Crippen LogP contribution in [0.3, 0.4) is 0 Å². The lowest BCUT2D eigenvalue weighted by Crippen LogP contribution is -2.44. The number of amides is 1. The van der Waals surface area contributed by atoms with Crippen molar-refractivity contribution in [1.82, 2.24) is 20.0 Å². The van der Waals surface area contributed by atoms with Crippen LogP contribution < -0.4 is 10.2 Å². The zero-order valence-electron chi connectivity index (χ0n) is 12.6. The quantitative estimate of drug-likeness (QED) is 0.896. The van der Waals surface area contributed by atoms with Crippen molar-refractivity contribution < 1.29 is 9.32 Å². The molecular weight excluding hydrogens is 284 g/mol. The summed E-state index contributed by atoms with van der Waals surface area (Å²) in [6.45, 7) is 5.51. The van der Waals surface area contributed by atoms with Crippen molar-refractivity contribution in [2.45, 2.75) is 6.92 Å². The molecule has 0 radical (unpaired) electrons. The molecular formula is C14H18N6O2. The first-order valence-electron chi connectivity index (χ1n) is 7.12. The van der Waals surface area contributed by atoms with Gasteiger partial charge >= 0.3 is 0 Å². The molecule has 8 heteroatoms. The fourth-order valence-corrected chi connectivity index (χ4v) is 2.28. The van der Waals surface area contributed by atoms with Crippen LogP contribution in [0.15, 0.2) is 23.0 Å². The van der Waals surface area contributed by atoms with Crippen molar-refractivity contribution in [3.63, 3.8) is 0 Å². The molecule has 0 aromatic carbocycles. The number of anilines is 2. The lowest BCUT2D eigenvalue weighted by atomic mass is 10.3. The minimum atomic E-state index is -0.339. The smallest absolute Gasteiger partial charge is 0.276 e. The average Bonchev–Trinajstić information content (AvgIpc) is 2.93. The standard InChI is InChI=1S/C14H18N6O2/c1-10-7-13(22-18-10)17-14(21)11-8-12(16-9-15-11)20-5-3-19(2)4-6-20/h7-9H,3-6H2,1-2H3,(H,17,21). The highest BCUT2D eigenvalue weighted by Crippen LogP contribution is 2.15. The van der Waals surface area contributed by atoms with Crippen LogP contribution in [0, 0.1) is 6.92 Å². The zero-order valence-corrected chi connectivity index (χ0v) is 12.6. The molecule has 0 bridgehead atoms. The number of piperazine rings is 1. The van der Waals surface area contributed by atoms with E-state index in [2.05, 4.69) is 37.3 Å². The molecule has 0 aliphatic carbocycles. The summed E-state index contributed by atoms with van der Waals surface area (Å²) >= 11 is 0. The minimum Gasteiger partial charge on any atom is -0.354 e. The first-order valence-corrected chi connectivity index (χ1v) is 7.12. The number of nitrogens with one attached hydrogen (secondary N) is 1. The van der Waals surface area contributed by atoms with Crippen LogP contribution in [-0.2, 0) is 0 Å². The van der Waals surface area contributed by atoms with Gasteiger partial charge in [-0.15, -0.1) is 0 Å². The molecule has 116 valence electrons. The predicted octanol–water partition coefficient (Wildman–Crippen LogP) is 0.777. The lowest BCUT2D eigenvalue weighted by molar-refractivity contribution is 0.101. The van der Waals surface area contributed by atoms with Crippen molar-refractivity contribution in [3.8, 4) is 0 Å². The topological polar surface area (TPSA) is 87.4 Å². The van der Waals surface area contributed by atoms with Crippen LogP contribution in [-0.4, -0.2) is 59.2 Å². The molecule has 1 fully saturated rings. The monoisotopic (exact) mass is 302 g/mol. The molecule has 1 N–H and O–H groups in total. The van der Waals surface area contributed by atoms with E-state index in [9.17, 15) is 4.79 Å². The number of carbonyl (C=O) groups excluding carboxylic acids is 1. The molecule has 2 aromatic rings. The van der Waals surface area contributed by atoms with Gasteiger partial charge in [0, 0.05) is 38.3 Å². The summed E-state index contributed by atoms with van der Waals surface area (Å²) in [6, 6.07) is 3.35. The summed E-state index contributed by atoms with van der Waals surface area (Å²) in [4.78, 5) is 24.9. The van der Waals surface area contributed by atoms with Gasteiger partial charge in [0.2, 0.25) is 5.88 Å². The first-order chi connectivity index (χ1) is 10.6. The maximum atomic E-state index is 12.2. The Kier molecular flexibility index (Phi) is 4.01. The third kappa shape index (κ3) is 3.22. The minimum absolute atomic E-state index is 0.304. The van der Waals surface area contributed by atoms with Gasteiger partial charge in [0.25, 0.3) is 5.91 Å². The predicted molar refractivity (Wildman–Crippen MR) is 80.9 cm³/mol. The van der Waals surface area contributed by atoms with Crippen LogP contribution in [0.25, 0.3) is 0 Å². The molecule has 0 unspecified atom stereocenters. The van der Waals surface area contributed by atoms with Crippen LogP contribution in [0.2, 0.25) is 0 Å². The summed E-state index contributed by atoms with van der Waals surface area (Å²) in [6.07, 6.45) is 1.41. The molecule has 1 amide bonds. The van der Waals surface area contributed by atoms with E-state index in [1.165, 1.54) is 6.33 Å². The largest absolute Gasteiger partial charge is 0.354 e. The summed E-state index contributed by atoms with van der Waals surface area (Å²) in [5.41, 5.74) is 1.01.